The summed E-state index contributed by atoms with van der Waals surface area (Å²) in [6.07, 6.45) is 2.15. The van der Waals surface area contributed by atoms with Crippen LogP contribution in [0.1, 0.15) is 58.4 Å². The van der Waals surface area contributed by atoms with Gasteiger partial charge in [0.25, 0.3) is 5.69 Å². The highest BCUT2D eigenvalue weighted by Gasteiger charge is 2.52. The maximum atomic E-state index is 13.3. The van der Waals surface area contributed by atoms with Crippen molar-refractivity contribution < 1.29 is 38.3 Å². The van der Waals surface area contributed by atoms with E-state index in [2.05, 4.69) is 0 Å². The van der Waals surface area contributed by atoms with E-state index in [9.17, 15) is 24.8 Å². The molecule has 204 valence electrons. The Morgan fingerprint density at radius 2 is 1.84 bits per heavy atom. The van der Waals surface area contributed by atoms with Gasteiger partial charge in [0.2, 0.25) is 5.91 Å². The fraction of sp³-hybridized carbons (Fsp3) is 0.615. The molecule has 2 saturated heterocycles. The maximum absolute atomic E-state index is 13.3. The van der Waals surface area contributed by atoms with Crippen LogP contribution in [0.5, 0.6) is 0 Å². The van der Waals surface area contributed by atoms with Crippen molar-refractivity contribution in [1.82, 2.24) is 4.90 Å². The zero-order valence-electron chi connectivity index (χ0n) is 21.8. The van der Waals surface area contributed by atoms with E-state index in [1.54, 1.807) is 0 Å². The van der Waals surface area contributed by atoms with Crippen LogP contribution in [0.2, 0.25) is 0 Å². The molecule has 11 heteroatoms. The average Bonchev–Trinajstić information content (AvgIpc) is 2.91. The van der Waals surface area contributed by atoms with Crippen LogP contribution < -0.4 is 5.11 Å². The topological polar surface area (TPSA) is 131 Å². The number of hydrogen-bond donors (Lipinski definition) is 0. The number of esters is 1. The molecule has 3 rings (SSSR count). The SMILES string of the molecule is CC[N+](CC)(CC)C1CC(=O)N1C(C(=O)OCc1ccc([N+](=O)[O-])cc1)=C([O-])CCOC1CCCCO1. The third-order valence-corrected chi connectivity index (χ3v) is 7.43. The van der Waals surface area contributed by atoms with E-state index in [0.717, 1.165) is 38.9 Å². The zero-order chi connectivity index (χ0) is 27.0. The van der Waals surface area contributed by atoms with E-state index in [4.69, 9.17) is 14.2 Å². The van der Waals surface area contributed by atoms with E-state index >= 15 is 0 Å². The van der Waals surface area contributed by atoms with Crippen LogP contribution >= 0.6 is 0 Å². The number of non-ortho nitro benzene ring substituents is 1. The molecule has 1 aromatic rings. The molecule has 2 atom stereocenters. The number of carbonyl (C=O) groups excluding carboxylic acids is 2. The summed E-state index contributed by atoms with van der Waals surface area (Å²) < 4.78 is 17.2. The molecule has 0 spiro atoms. The summed E-state index contributed by atoms with van der Waals surface area (Å²) >= 11 is 0. The lowest BCUT2D eigenvalue weighted by molar-refractivity contribution is -0.958. The fourth-order valence-electron chi connectivity index (χ4n) is 4.94. The Labute approximate surface area is 217 Å². The van der Waals surface area contributed by atoms with Crippen LogP contribution in [0.3, 0.4) is 0 Å². The van der Waals surface area contributed by atoms with E-state index in [1.165, 1.54) is 29.2 Å². The van der Waals surface area contributed by atoms with E-state index < -0.39 is 16.7 Å². The third kappa shape index (κ3) is 6.65. The summed E-state index contributed by atoms with van der Waals surface area (Å²) in [6, 6.07) is 5.59. The molecule has 2 aliphatic heterocycles. The standard InChI is InChI=1S/C26H37N3O8/c1-4-29(5-2,6-3)22-17-23(31)27(22)25(21(30)14-16-36-24-9-7-8-15-35-24)26(32)37-18-19-10-12-20(13-11-19)28(33)34/h10-13,22,24H,4-9,14-18H2,1-3H3. The van der Waals surface area contributed by atoms with Gasteiger partial charge in [-0.25, -0.2) is 4.79 Å². The average molecular weight is 520 g/mol. The zero-order valence-corrected chi connectivity index (χ0v) is 21.8. The molecule has 0 saturated carbocycles. The maximum Gasteiger partial charge on any atom is 0.354 e. The summed E-state index contributed by atoms with van der Waals surface area (Å²) in [4.78, 5) is 37.7. The number of carbonyl (C=O) groups is 2. The summed E-state index contributed by atoms with van der Waals surface area (Å²) in [7, 11) is 0. The summed E-state index contributed by atoms with van der Waals surface area (Å²) in [6.45, 7) is 8.78. The molecule has 0 N–H and O–H groups in total. The lowest BCUT2D eigenvalue weighted by Gasteiger charge is -2.53. The van der Waals surface area contributed by atoms with Crippen LogP contribution in [0.4, 0.5) is 5.69 Å². The third-order valence-electron chi connectivity index (χ3n) is 7.43. The molecule has 11 nitrogen and oxygen atoms in total. The van der Waals surface area contributed by atoms with Gasteiger partial charge in [-0.05, 0) is 64.2 Å². The second-order valence-corrected chi connectivity index (χ2v) is 9.30. The van der Waals surface area contributed by atoms with Crippen molar-refractivity contribution in [3.05, 3.63) is 51.4 Å². The molecule has 1 amide bonds. The van der Waals surface area contributed by atoms with Gasteiger partial charge in [-0.3, -0.25) is 19.8 Å². The van der Waals surface area contributed by atoms with Crippen molar-refractivity contribution in [3.8, 4) is 0 Å². The Morgan fingerprint density at radius 3 is 2.38 bits per heavy atom. The molecule has 2 heterocycles. The molecule has 0 aromatic heterocycles. The predicted octanol–water partition coefficient (Wildman–Crippen LogP) is 2.58. The van der Waals surface area contributed by atoms with Crippen LogP contribution in [0.15, 0.2) is 35.7 Å². The minimum Gasteiger partial charge on any atom is -0.874 e. The van der Waals surface area contributed by atoms with Crippen molar-refractivity contribution >= 4 is 17.6 Å². The van der Waals surface area contributed by atoms with Crippen molar-refractivity contribution in [2.75, 3.05) is 32.8 Å². The van der Waals surface area contributed by atoms with Crippen molar-refractivity contribution in [2.45, 2.75) is 71.9 Å². The molecule has 1 aromatic carbocycles. The number of rotatable bonds is 13. The van der Waals surface area contributed by atoms with Gasteiger partial charge in [-0.2, -0.15) is 0 Å². The number of benzene rings is 1. The highest BCUT2D eigenvalue weighted by Crippen LogP contribution is 2.34. The second-order valence-electron chi connectivity index (χ2n) is 9.30. The molecule has 2 fully saturated rings. The molecular weight excluding hydrogens is 482 g/mol. The van der Waals surface area contributed by atoms with E-state index in [-0.39, 0.29) is 55.8 Å². The smallest absolute Gasteiger partial charge is 0.354 e. The Morgan fingerprint density at radius 1 is 1.16 bits per heavy atom. The minimum absolute atomic E-state index is 0.0602. The summed E-state index contributed by atoms with van der Waals surface area (Å²) in [5.74, 6) is -1.71. The molecular formula is C26H37N3O8. The number of quaternary nitrogens is 1. The number of nitrogens with zero attached hydrogens (tertiary/aromatic N) is 3. The van der Waals surface area contributed by atoms with Crippen molar-refractivity contribution in [1.29, 1.82) is 0 Å². The monoisotopic (exact) mass is 519 g/mol. The Bertz CT molecular complexity index is 976. The molecule has 0 aliphatic carbocycles. The fourth-order valence-corrected chi connectivity index (χ4v) is 4.94. The number of hydrogen-bond acceptors (Lipinski definition) is 8. The number of amides is 1. The quantitative estimate of drug-likeness (QED) is 0.0739. The van der Waals surface area contributed by atoms with E-state index in [0.29, 0.717) is 16.7 Å². The van der Waals surface area contributed by atoms with Crippen LogP contribution in [-0.2, 0) is 30.4 Å². The van der Waals surface area contributed by atoms with Gasteiger partial charge in [0.15, 0.2) is 12.5 Å². The van der Waals surface area contributed by atoms with Crippen molar-refractivity contribution in [3.63, 3.8) is 0 Å². The normalized spacial score (nSPS) is 20.7. The summed E-state index contributed by atoms with van der Waals surface area (Å²) in [5.41, 5.74) is 0.159. The molecule has 2 aliphatic rings. The van der Waals surface area contributed by atoms with Crippen molar-refractivity contribution in [2.24, 2.45) is 0 Å². The lowest BCUT2D eigenvalue weighted by atomic mass is 10.0. The van der Waals surface area contributed by atoms with Gasteiger partial charge in [-0.1, -0.05) is 5.76 Å². The highest BCUT2D eigenvalue weighted by atomic mass is 16.7. The Balaban J connectivity index is 1.80. The van der Waals surface area contributed by atoms with Gasteiger partial charge >= 0.3 is 5.97 Å². The van der Waals surface area contributed by atoms with Gasteiger partial charge in [-0.15, -0.1) is 0 Å². The lowest BCUT2D eigenvalue weighted by Crippen LogP contribution is -2.70. The Hall–Kier alpha value is -3.02. The van der Waals surface area contributed by atoms with E-state index in [1.807, 2.05) is 20.8 Å². The minimum atomic E-state index is -0.892. The molecule has 2 unspecified atom stereocenters. The first-order chi connectivity index (χ1) is 17.8. The summed E-state index contributed by atoms with van der Waals surface area (Å²) in [5, 5.41) is 24.2. The second kappa shape index (κ2) is 13.0. The van der Waals surface area contributed by atoms with Gasteiger partial charge in [0.1, 0.15) is 18.7 Å². The first kappa shape index (κ1) is 28.5. The van der Waals surface area contributed by atoms with Gasteiger partial charge in [0, 0.05) is 18.7 Å². The number of nitro groups is 1. The highest BCUT2D eigenvalue weighted by molar-refractivity contribution is 5.97. The molecule has 0 bridgehead atoms. The largest absolute Gasteiger partial charge is 0.874 e. The number of nitro benzene ring substituents is 1. The molecule has 37 heavy (non-hydrogen) atoms. The van der Waals surface area contributed by atoms with Crippen LogP contribution in [-0.4, -0.2) is 71.5 Å². The predicted molar refractivity (Wildman–Crippen MR) is 131 cm³/mol. The first-order valence-electron chi connectivity index (χ1n) is 13.0. The van der Waals surface area contributed by atoms with Crippen LogP contribution in [0.25, 0.3) is 0 Å². The Kier molecular flexibility index (Phi) is 10.0. The number of β-lactam (4-membered cyclic amide) rings is 1. The number of likely N-dealkylation sites (tertiary alicyclic amines) is 1. The van der Waals surface area contributed by atoms with Gasteiger partial charge in [0.05, 0.1) is 31.2 Å². The van der Waals surface area contributed by atoms with Crippen LogP contribution in [0, 0.1) is 10.1 Å². The molecule has 0 radical (unpaired) electrons. The number of ether oxygens (including phenoxy) is 3. The van der Waals surface area contributed by atoms with Gasteiger partial charge < -0.3 is 23.8 Å². The first-order valence-corrected chi connectivity index (χ1v) is 13.0.